The zero-order valence-electron chi connectivity index (χ0n) is 18.3. The van der Waals surface area contributed by atoms with Crippen LogP contribution >= 0.6 is 0 Å². The Morgan fingerprint density at radius 1 is 1.18 bits per heavy atom. The van der Waals surface area contributed by atoms with E-state index < -0.39 is 0 Å². The molecule has 0 spiro atoms. The molecule has 3 heteroatoms. The van der Waals surface area contributed by atoms with E-state index in [-0.39, 0.29) is 23.5 Å². The number of aromatic hydroxyl groups is 1. The molecule has 2 N–H and O–H groups in total. The number of ether oxygens (including phenoxy) is 1. The number of hydrogen-bond donors (Lipinski definition) is 2. The number of fused-ring (bicyclic) bond motifs is 3. The van der Waals surface area contributed by atoms with E-state index >= 15 is 0 Å². The molecule has 3 rings (SSSR count). The third-order valence-electron chi connectivity index (χ3n) is 7.03. The van der Waals surface area contributed by atoms with Crippen molar-refractivity contribution in [1.29, 1.82) is 0 Å². The van der Waals surface area contributed by atoms with Gasteiger partial charge in [-0.05, 0) is 61.8 Å². The van der Waals surface area contributed by atoms with Gasteiger partial charge in [-0.2, -0.15) is 0 Å². The lowest BCUT2D eigenvalue weighted by atomic mass is 9.66. The lowest BCUT2D eigenvalue weighted by molar-refractivity contribution is 0.00662. The second-order valence-electron chi connectivity index (χ2n) is 9.98. The van der Waals surface area contributed by atoms with Crippen LogP contribution in [0.15, 0.2) is 23.8 Å². The number of aliphatic hydroxyl groups excluding tert-OH is 1. The number of aliphatic hydroxyl groups is 1. The Bertz CT molecular complexity index is 730. The van der Waals surface area contributed by atoms with Crippen LogP contribution in [0.1, 0.15) is 96.6 Å². The highest BCUT2D eigenvalue weighted by Gasteiger charge is 2.46. The summed E-state index contributed by atoms with van der Waals surface area (Å²) in [6, 6.07) is 4.14. The minimum Gasteiger partial charge on any atom is -0.508 e. The second kappa shape index (κ2) is 8.10. The molecule has 2 aliphatic rings. The molecule has 1 aliphatic carbocycles. The molecule has 1 aromatic carbocycles. The molecule has 0 amide bonds. The van der Waals surface area contributed by atoms with Gasteiger partial charge in [-0.3, -0.25) is 0 Å². The maximum absolute atomic E-state index is 11.0. The summed E-state index contributed by atoms with van der Waals surface area (Å²) in [7, 11) is 0. The van der Waals surface area contributed by atoms with Crippen molar-refractivity contribution >= 4 is 0 Å². The third-order valence-corrected chi connectivity index (χ3v) is 7.03. The third kappa shape index (κ3) is 4.10. The van der Waals surface area contributed by atoms with Crippen LogP contribution in [-0.4, -0.2) is 22.4 Å². The summed E-state index contributed by atoms with van der Waals surface area (Å²) in [5.74, 6) is 1.71. The summed E-state index contributed by atoms with van der Waals surface area (Å²) in [4.78, 5) is 0. The van der Waals surface area contributed by atoms with E-state index in [0.717, 1.165) is 41.7 Å². The molecule has 2 atom stereocenters. The molecule has 0 saturated heterocycles. The molecular weight excluding hydrogens is 348 g/mol. The fourth-order valence-electron chi connectivity index (χ4n) is 5.12. The second-order valence-corrected chi connectivity index (χ2v) is 9.98. The fourth-order valence-corrected chi connectivity index (χ4v) is 5.12. The van der Waals surface area contributed by atoms with E-state index in [9.17, 15) is 10.2 Å². The first kappa shape index (κ1) is 21.2. The van der Waals surface area contributed by atoms with Gasteiger partial charge < -0.3 is 14.9 Å². The first-order valence-corrected chi connectivity index (χ1v) is 11.0. The van der Waals surface area contributed by atoms with Gasteiger partial charge in [-0.1, -0.05) is 52.5 Å². The molecule has 0 radical (unpaired) electrons. The Labute approximate surface area is 170 Å². The van der Waals surface area contributed by atoms with E-state index in [2.05, 4.69) is 46.8 Å². The minimum absolute atomic E-state index is 0.00727. The largest absolute Gasteiger partial charge is 0.508 e. The predicted octanol–water partition coefficient (Wildman–Crippen LogP) is 6.22. The Balaban J connectivity index is 1.93. The van der Waals surface area contributed by atoms with Crippen molar-refractivity contribution in [1.82, 2.24) is 0 Å². The monoisotopic (exact) mass is 386 g/mol. The normalized spacial score (nSPS) is 23.4. The van der Waals surface area contributed by atoms with E-state index in [1.54, 1.807) is 0 Å². The number of unbranched alkanes of at least 4 members (excludes halogenated alkanes) is 3. The molecule has 1 unspecified atom stereocenters. The summed E-state index contributed by atoms with van der Waals surface area (Å²) in [5, 5.41) is 20.7. The topological polar surface area (TPSA) is 49.7 Å². The summed E-state index contributed by atoms with van der Waals surface area (Å²) >= 11 is 0. The standard InChI is InChI=1S/C25H38O3/c1-6-7-8-9-12-24(2,3)18-14-21(27)23-19-13-17(16-26)10-11-20(19)25(4,5)28-22(23)15-18/h10,14-15,19-20,26-27H,6-9,11-13,16H2,1-5H3/t19-,20?/m1/s1. The number of benzene rings is 1. The Morgan fingerprint density at radius 3 is 2.61 bits per heavy atom. The van der Waals surface area contributed by atoms with Crippen LogP contribution in [0, 0.1) is 5.92 Å². The molecule has 0 saturated carbocycles. The van der Waals surface area contributed by atoms with Crippen LogP contribution in [0.5, 0.6) is 11.5 Å². The average Bonchev–Trinajstić information content (AvgIpc) is 2.63. The Morgan fingerprint density at radius 2 is 1.93 bits per heavy atom. The number of rotatable bonds is 7. The van der Waals surface area contributed by atoms with Crippen LogP contribution in [0.25, 0.3) is 0 Å². The number of phenols is 1. The van der Waals surface area contributed by atoms with Crippen molar-refractivity contribution in [2.75, 3.05) is 6.61 Å². The fraction of sp³-hybridized carbons (Fsp3) is 0.680. The molecule has 1 aliphatic heterocycles. The summed E-state index contributed by atoms with van der Waals surface area (Å²) < 4.78 is 6.47. The zero-order chi connectivity index (χ0) is 20.5. The lowest BCUT2D eigenvalue weighted by Gasteiger charge is -2.47. The molecule has 0 bridgehead atoms. The minimum atomic E-state index is -0.286. The van der Waals surface area contributed by atoms with Gasteiger partial charge in [0.2, 0.25) is 0 Å². The molecule has 3 nitrogen and oxygen atoms in total. The maximum Gasteiger partial charge on any atom is 0.127 e. The van der Waals surface area contributed by atoms with E-state index in [4.69, 9.17) is 4.74 Å². The van der Waals surface area contributed by atoms with E-state index in [1.807, 2.05) is 6.07 Å². The molecule has 0 fully saturated rings. The Hall–Kier alpha value is -1.48. The maximum atomic E-state index is 11.0. The molecule has 1 aromatic rings. The Kier molecular flexibility index (Phi) is 6.14. The van der Waals surface area contributed by atoms with Crippen LogP contribution in [-0.2, 0) is 5.41 Å². The highest BCUT2D eigenvalue weighted by Crippen LogP contribution is 2.54. The van der Waals surface area contributed by atoms with Crippen molar-refractivity contribution in [3.05, 3.63) is 34.9 Å². The highest BCUT2D eigenvalue weighted by molar-refractivity contribution is 5.54. The summed E-state index contributed by atoms with van der Waals surface area (Å²) in [6.07, 6.45) is 9.95. The molecular formula is C25H38O3. The van der Waals surface area contributed by atoms with Gasteiger partial charge in [0.05, 0.1) is 6.61 Å². The van der Waals surface area contributed by atoms with Crippen molar-refractivity contribution in [2.24, 2.45) is 5.92 Å². The SMILES string of the molecule is CCCCCCC(C)(C)c1cc(O)c2c(c1)OC(C)(C)C1CC=C(CO)C[C@@H]21. The summed E-state index contributed by atoms with van der Waals surface area (Å²) in [5.41, 5.74) is 2.89. The van der Waals surface area contributed by atoms with E-state index in [0.29, 0.717) is 11.7 Å². The average molecular weight is 387 g/mol. The molecule has 28 heavy (non-hydrogen) atoms. The van der Waals surface area contributed by atoms with Gasteiger partial charge in [0.1, 0.15) is 17.1 Å². The number of phenolic OH excluding ortho intramolecular Hbond substituents is 1. The lowest BCUT2D eigenvalue weighted by Crippen LogP contribution is -2.45. The van der Waals surface area contributed by atoms with Crippen LogP contribution in [0.3, 0.4) is 0 Å². The summed E-state index contributed by atoms with van der Waals surface area (Å²) in [6.45, 7) is 11.2. The molecule has 156 valence electrons. The quantitative estimate of drug-likeness (QED) is 0.432. The van der Waals surface area contributed by atoms with Crippen molar-refractivity contribution < 1.29 is 14.9 Å². The van der Waals surface area contributed by atoms with Gasteiger partial charge in [0.15, 0.2) is 0 Å². The van der Waals surface area contributed by atoms with E-state index in [1.165, 1.54) is 25.7 Å². The molecule has 0 aromatic heterocycles. The highest BCUT2D eigenvalue weighted by atomic mass is 16.5. The van der Waals surface area contributed by atoms with Crippen LogP contribution < -0.4 is 4.74 Å². The van der Waals surface area contributed by atoms with Gasteiger partial charge >= 0.3 is 0 Å². The van der Waals surface area contributed by atoms with Crippen molar-refractivity contribution in [3.63, 3.8) is 0 Å². The number of hydrogen-bond acceptors (Lipinski definition) is 3. The van der Waals surface area contributed by atoms with Gasteiger partial charge in [0, 0.05) is 17.4 Å². The smallest absolute Gasteiger partial charge is 0.127 e. The van der Waals surface area contributed by atoms with Gasteiger partial charge in [-0.15, -0.1) is 0 Å². The van der Waals surface area contributed by atoms with Crippen LogP contribution in [0.4, 0.5) is 0 Å². The predicted molar refractivity (Wildman–Crippen MR) is 115 cm³/mol. The van der Waals surface area contributed by atoms with Crippen LogP contribution in [0.2, 0.25) is 0 Å². The first-order valence-electron chi connectivity index (χ1n) is 11.0. The number of allylic oxidation sites excluding steroid dienone is 1. The van der Waals surface area contributed by atoms with Gasteiger partial charge in [-0.25, -0.2) is 0 Å². The van der Waals surface area contributed by atoms with Crippen molar-refractivity contribution in [3.8, 4) is 11.5 Å². The molecule has 1 heterocycles. The first-order chi connectivity index (χ1) is 13.2. The van der Waals surface area contributed by atoms with Gasteiger partial charge in [0.25, 0.3) is 0 Å². The zero-order valence-corrected chi connectivity index (χ0v) is 18.3. The van der Waals surface area contributed by atoms with Crippen molar-refractivity contribution in [2.45, 2.75) is 96.5 Å².